The number of nitrogens with one attached hydrogen (secondary N) is 2. The third-order valence-corrected chi connectivity index (χ3v) is 3.93. The zero-order valence-corrected chi connectivity index (χ0v) is 17.2. The molecule has 1 unspecified atom stereocenters. The molecule has 1 radical (unpaired) electrons. The minimum absolute atomic E-state index is 0. The fraction of sp³-hybridized carbons (Fsp3) is 0.474. The number of hydrogen-bond donors (Lipinski definition) is 1. The fourth-order valence-corrected chi connectivity index (χ4v) is 2.44. The molecule has 2 rings (SSSR count). The number of benzene rings is 1. The van der Waals surface area contributed by atoms with Crippen molar-refractivity contribution in [3.63, 3.8) is 0 Å². The summed E-state index contributed by atoms with van der Waals surface area (Å²) < 4.78 is 12.4. The molecule has 1 aromatic heterocycles. The maximum atomic E-state index is 12.1. The molecule has 2 aromatic rings. The van der Waals surface area contributed by atoms with Crippen LogP contribution in [0, 0.1) is 6.92 Å². The number of carbonyl (C=O) groups is 1. The first kappa shape index (κ1) is 23.4. The van der Waals surface area contributed by atoms with Crippen molar-refractivity contribution in [1.29, 1.82) is 0 Å². The minimum Gasteiger partial charge on any atom is -0.676 e. The van der Waals surface area contributed by atoms with E-state index in [2.05, 4.69) is 17.3 Å². The van der Waals surface area contributed by atoms with Crippen molar-refractivity contribution in [2.24, 2.45) is 0 Å². The molecule has 0 aliphatic heterocycles. The molecule has 0 aliphatic carbocycles. The summed E-state index contributed by atoms with van der Waals surface area (Å²) in [5, 5.41) is 7.17. The summed E-state index contributed by atoms with van der Waals surface area (Å²) in [6.07, 6.45) is 3.84. The Morgan fingerprint density at radius 2 is 1.85 bits per heavy atom. The van der Waals surface area contributed by atoms with Gasteiger partial charge in [-0.1, -0.05) is 12.1 Å². The minimum atomic E-state index is -0.117. The summed E-state index contributed by atoms with van der Waals surface area (Å²) in [5.41, 5.74) is 9.78. The average Bonchev–Trinajstić information content (AvgIpc) is 3.09. The van der Waals surface area contributed by atoms with Crippen molar-refractivity contribution in [2.45, 2.75) is 19.9 Å². The molecule has 0 spiro atoms. The van der Waals surface area contributed by atoms with Gasteiger partial charge >= 0.3 is 0 Å². The molecule has 147 valence electrons. The van der Waals surface area contributed by atoms with Gasteiger partial charge in [0.1, 0.15) is 0 Å². The molecule has 1 atom stereocenters. The van der Waals surface area contributed by atoms with Crippen LogP contribution >= 0.6 is 0 Å². The number of carbonyl (C=O) groups excluding carboxylic acids is 1. The first-order valence-corrected chi connectivity index (χ1v) is 8.81. The van der Waals surface area contributed by atoms with Gasteiger partial charge in [-0.2, -0.15) is 5.10 Å². The van der Waals surface area contributed by atoms with E-state index in [1.807, 2.05) is 48.3 Å². The van der Waals surface area contributed by atoms with Crippen molar-refractivity contribution in [3.05, 3.63) is 59.1 Å². The Morgan fingerprint density at radius 1 is 1.19 bits per heavy atom. The van der Waals surface area contributed by atoms with Crippen molar-refractivity contribution < 1.29 is 32.8 Å². The van der Waals surface area contributed by atoms with E-state index in [4.69, 9.17) is 15.2 Å². The zero-order chi connectivity index (χ0) is 18.8. The second-order valence-electron chi connectivity index (χ2n) is 6.03. The number of hydrogen-bond acceptors (Lipinski definition) is 4. The van der Waals surface area contributed by atoms with Crippen LogP contribution in [-0.2, 0) is 28.0 Å². The molecule has 0 aliphatic rings. The quantitative estimate of drug-likeness (QED) is 0.577. The number of aryl methyl sites for hydroxylation is 1. The zero-order valence-electron chi connectivity index (χ0n) is 15.9. The summed E-state index contributed by atoms with van der Waals surface area (Å²) in [6, 6.07) is 7.68. The molecule has 7 nitrogen and oxygen atoms in total. The largest absolute Gasteiger partial charge is 0.676 e. The van der Waals surface area contributed by atoms with Gasteiger partial charge in [-0.05, 0) is 37.1 Å². The third kappa shape index (κ3) is 7.86. The number of ether oxygens (including phenoxy) is 2. The summed E-state index contributed by atoms with van der Waals surface area (Å²) in [4.78, 5) is 12.1. The van der Waals surface area contributed by atoms with Crippen LogP contribution in [0.25, 0.3) is 5.73 Å². The maximum Gasteiger partial charge on any atom is 0.251 e. The molecule has 0 fully saturated rings. The number of rotatable bonds is 11. The second kappa shape index (κ2) is 12.7. The predicted molar refractivity (Wildman–Crippen MR) is 100 cm³/mol. The molecule has 8 heteroatoms. The molecular formula is C19H27N4O3V-. The van der Waals surface area contributed by atoms with Gasteiger partial charge in [-0.15, -0.1) is 6.54 Å². The van der Waals surface area contributed by atoms with Crippen LogP contribution in [0.4, 0.5) is 0 Å². The second-order valence-corrected chi connectivity index (χ2v) is 6.03. The monoisotopic (exact) mass is 410 g/mol. The van der Waals surface area contributed by atoms with Gasteiger partial charge in [0.15, 0.2) is 0 Å². The van der Waals surface area contributed by atoms with Crippen LogP contribution in [0.2, 0.25) is 0 Å². The average molecular weight is 410 g/mol. The molecule has 1 aromatic carbocycles. The van der Waals surface area contributed by atoms with Crippen molar-refractivity contribution in [3.8, 4) is 0 Å². The molecule has 27 heavy (non-hydrogen) atoms. The van der Waals surface area contributed by atoms with Gasteiger partial charge in [0.05, 0.1) is 32.1 Å². The Labute approximate surface area is 172 Å². The van der Waals surface area contributed by atoms with Gasteiger partial charge in [-0.25, -0.2) is 0 Å². The normalized spacial score (nSPS) is 11.7. The number of aromatic nitrogens is 2. The summed E-state index contributed by atoms with van der Waals surface area (Å²) >= 11 is 0. The number of amides is 1. The van der Waals surface area contributed by atoms with Crippen LogP contribution in [-0.4, -0.2) is 55.2 Å². The number of nitrogens with zero attached hydrogens (tertiary/aromatic N) is 2. The van der Waals surface area contributed by atoms with E-state index in [-0.39, 0.29) is 37.0 Å². The van der Waals surface area contributed by atoms with Crippen molar-refractivity contribution >= 4 is 5.91 Å². The third-order valence-electron chi connectivity index (χ3n) is 3.93. The predicted octanol–water partition coefficient (Wildman–Crippen LogP) is 2.61. The Bertz CT molecular complexity index is 676. The molecule has 2 N–H and O–H groups in total. The van der Waals surface area contributed by atoms with Crippen LogP contribution in [0.15, 0.2) is 36.7 Å². The fourth-order valence-electron chi connectivity index (χ4n) is 2.44. The van der Waals surface area contributed by atoms with Crippen LogP contribution < -0.4 is 5.32 Å². The van der Waals surface area contributed by atoms with Crippen molar-refractivity contribution in [1.82, 2.24) is 15.1 Å². The summed E-state index contributed by atoms with van der Waals surface area (Å²) in [5.74, 6) is -0.117. The molecule has 1 heterocycles. The van der Waals surface area contributed by atoms with E-state index in [0.29, 0.717) is 38.5 Å². The smallest absolute Gasteiger partial charge is 0.251 e. The first-order valence-electron chi connectivity index (χ1n) is 8.81. The van der Waals surface area contributed by atoms with Gasteiger partial charge in [0.25, 0.3) is 5.91 Å². The van der Waals surface area contributed by atoms with Crippen LogP contribution in [0.1, 0.15) is 34.5 Å². The Kier molecular flexibility index (Phi) is 11.0. The summed E-state index contributed by atoms with van der Waals surface area (Å²) in [7, 11) is 0. The molecule has 1 amide bonds. The van der Waals surface area contributed by atoms with E-state index in [1.165, 1.54) is 0 Å². The Balaban J connectivity index is 0.00000364. The topological polar surface area (TPSA) is 89.2 Å². The molecule has 0 saturated heterocycles. The van der Waals surface area contributed by atoms with E-state index >= 15 is 0 Å². The van der Waals surface area contributed by atoms with Crippen LogP contribution in [0.3, 0.4) is 0 Å². The molecule has 0 saturated carbocycles. The summed E-state index contributed by atoms with van der Waals surface area (Å²) in [6.45, 7) is 6.60. The standard InChI is InChI=1S/C19H27N4O3.V/c1-15-13-22-23(14-15)16(2)17-3-5-18(6-4-17)19(24)21-8-10-26-12-11-25-9-7-20;/h3-6,13-14,16,20H,7-12H2,1-2H3,(H,21,24);/q-1;. The molecular weight excluding hydrogens is 383 g/mol. The van der Waals surface area contributed by atoms with Gasteiger partial charge in [0.2, 0.25) is 0 Å². The van der Waals surface area contributed by atoms with Crippen molar-refractivity contribution in [2.75, 3.05) is 39.5 Å². The van der Waals surface area contributed by atoms with Gasteiger partial charge in [-0.3, -0.25) is 9.48 Å². The van der Waals surface area contributed by atoms with E-state index in [1.54, 1.807) is 0 Å². The SMILES string of the molecule is Cc1cnn(C(C)c2ccc(C(=O)NCCOCCOCC[NH-])cc2)c1.[V]. The molecule has 0 bridgehead atoms. The van der Waals surface area contributed by atoms with E-state index in [9.17, 15) is 4.79 Å². The van der Waals surface area contributed by atoms with Gasteiger partial charge < -0.3 is 20.5 Å². The van der Waals surface area contributed by atoms with Gasteiger partial charge in [0, 0.05) is 43.5 Å². The van der Waals surface area contributed by atoms with E-state index < -0.39 is 0 Å². The first-order chi connectivity index (χ1) is 12.6. The van der Waals surface area contributed by atoms with E-state index in [0.717, 1.165) is 11.1 Å². The van der Waals surface area contributed by atoms with Crippen LogP contribution in [0.5, 0.6) is 0 Å². The Morgan fingerprint density at radius 3 is 2.44 bits per heavy atom. The Hall–Kier alpha value is -1.64. The maximum absolute atomic E-state index is 12.1.